The Hall–Kier alpha value is -2.97. The van der Waals surface area contributed by atoms with Crippen LogP contribution in [-0.2, 0) is 4.74 Å². The highest BCUT2D eigenvalue weighted by Crippen LogP contribution is 2.27. The number of benzene rings is 2. The lowest BCUT2D eigenvalue weighted by Gasteiger charge is -2.35. The zero-order valence-electron chi connectivity index (χ0n) is 21.2. The van der Waals surface area contributed by atoms with Crippen molar-refractivity contribution in [1.29, 1.82) is 0 Å². The summed E-state index contributed by atoms with van der Waals surface area (Å²) in [5, 5.41) is 2.77. The number of carbonyl (C=O) groups is 2. The minimum Gasteiger partial charge on any atom is -0.491 e. The summed E-state index contributed by atoms with van der Waals surface area (Å²) in [4.78, 5) is 30.0. The fraction of sp³-hybridized carbons (Fsp3) is 0.481. The van der Waals surface area contributed by atoms with E-state index in [2.05, 4.69) is 31.0 Å². The second-order valence-corrected chi connectivity index (χ2v) is 9.27. The molecule has 0 saturated carbocycles. The molecule has 2 aromatic carbocycles. The topological polar surface area (TPSA) is 71.1 Å². The molecule has 0 aliphatic carbocycles. The quantitative estimate of drug-likeness (QED) is 0.684. The van der Waals surface area contributed by atoms with E-state index >= 15 is 0 Å². The van der Waals surface area contributed by atoms with Crippen LogP contribution in [0.3, 0.4) is 0 Å². The van der Waals surface area contributed by atoms with Gasteiger partial charge in [0, 0.05) is 50.6 Å². The fourth-order valence-corrected chi connectivity index (χ4v) is 4.36. The second kappa shape index (κ2) is 12.1. The minimum atomic E-state index is -0.485. The first-order chi connectivity index (χ1) is 16.7. The summed E-state index contributed by atoms with van der Waals surface area (Å²) in [7, 11) is 3.44. The Morgan fingerprint density at radius 2 is 1.97 bits per heavy atom. The minimum absolute atomic E-state index is 0.107. The van der Waals surface area contributed by atoms with E-state index in [9.17, 15) is 14.0 Å². The molecule has 190 valence electrons. The predicted octanol–water partition coefficient (Wildman–Crippen LogP) is 4.29. The van der Waals surface area contributed by atoms with Gasteiger partial charge in [0.25, 0.3) is 11.8 Å². The molecule has 2 amide bonds. The van der Waals surface area contributed by atoms with Gasteiger partial charge in [-0.15, -0.1) is 0 Å². The summed E-state index contributed by atoms with van der Waals surface area (Å²) in [5.74, 6) is -0.494. The maximum absolute atomic E-state index is 13.5. The van der Waals surface area contributed by atoms with Crippen molar-refractivity contribution < 1.29 is 23.5 Å². The molecule has 35 heavy (non-hydrogen) atoms. The SMILES string of the molecule is CCCN1C[C@@H](C)[C@H](OC)CN(C)C(=O)c2ccc(NC(=O)c3cccc(F)c3)cc2OC[C@@H]1C. The third kappa shape index (κ3) is 6.80. The van der Waals surface area contributed by atoms with Crippen LogP contribution < -0.4 is 10.1 Å². The number of carbonyl (C=O) groups excluding carboxylic acids is 2. The van der Waals surface area contributed by atoms with Crippen LogP contribution in [0, 0.1) is 11.7 Å². The first kappa shape index (κ1) is 26.6. The highest BCUT2D eigenvalue weighted by molar-refractivity contribution is 6.05. The van der Waals surface area contributed by atoms with E-state index in [4.69, 9.17) is 9.47 Å². The van der Waals surface area contributed by atoms with Crippen molar-refractivity contribution in [3.8, 4) is 5.75 Å². The molecule has 2 aromatic rings. The van der Waals surface area contributed by atoms with Crippen molar-refractivity contribution in [3.63, 3.8) is 0 Å². The smallest absolute Gasteiger partial charge is 0.257 e. The maximum Gasteiger partial charge on any atom is 0.257 e. The Morgan fingerprint density at radius 1 is 1.20 bits per heavy atom. The molecular formula is C27H36FN3O4. The Balaban J connectivity index is 1.91. The van der Waals surface area contributed by atoms with E-state index in [1.54, 1.807) is 43.3 Å². The molecule has 7 nitrogen and oxygen atoms in total. The molecule has 8 heteroatoms. The summed E-state index contributed by atoms with van der Waals surface area (Å²) in [5.41, 5.74) is 1.08. The van der Waals surface area contributed by atoms with Crippen molar-refractivity contribution in [2.75, 3.05) is 45.7 Å². The molecule has 1 N–H and O–H groups in total. The zero-order valence-corrected chi connectivity index (χ0v) is 21.2. The Bertz CT molecular complexity index is 1030. The monoisotopic (exact) mass is 485 g/mol. The van der Waals surface area contributed by atoms with E-state index in [1.165, 1.54) is 18.2 Å². The average Bonchev–Trinajstić information content (AvgIpc) is 2.84. The van der Waals surface area contributed by atoms with E-state index in [-0.39, 0.29) is 29.5 Å². The molecule has 1 heterocycles. The number of ether oxygens (including phenoxy) is 2. The van der Waals surface area contributed by atoms with Crippen molar-refractivity contribution >= 4 is 17.5 Å². The standard InChI is InChI=1S/C27H36FN3O4/c1-6-12-31-15-18(2)25(34-5)16-30(4)27(33)23-11-10-22(14-24(23)35-17-19(31)3)29-26(32)20-8-7-9-21(28)13-20/h7-11,13-14,18-19,25H,6,12,15-17H2,1-5H3,(H,29,32)/t18-,19+,25-/m1/s1. The number of hydrogen-bond donors (Lipinski definition) is 1. The highest BCUT2D eigenvalue weighted by Gasteiger charge is 2.28. The number of hydrogen-bond acceptors (Lipinski definition) is 5. The van der Waals surface area contributed by atoms with Gasteiger partial charge in [-0.1, -0.05) is 19.9 Å². The van der Waals surface area contributed by atoms with Crippen molar-refractivity contribution in [3.05, 3.63) is 59.4 Å². The van der Waals surface area contributed by atoms with Gasteiger partial charge >= 0.3 is 0 Å². The van der Waals surface area contributed by atoms with Crippen LogP contribution in [0.5, 0.6) is 5.75 Å². The third-order valence-electron chi connectivity index (χ3n) is 6.43. The molecule has 0 unspecified atom stereocenters. The van der Waals surface area contributed by atoms with Crippen LogP contribution >= 0.6 is 0 Å². The van der Waals surface area contributed by atoms with E-state index in [0.29, 0.717) is 30.2 Å². The molecule has 3 rings (SSSR count). The Labute approximate surface area is 207 Å². The number of likely N-dealkylation sites (N-methyl/N-ethyl adjacent to an activating group) is 1. The van der Waals surface area contributed by atoms with Gasteiger partial charge in [0.05, 0.1) is 11.7 Å². The van der Waals surface area contributed by atoms with Crippen LogP contribution in [0.2, 0.25) is 0 Å². The van der Waals surface area contributed by atoms with Crippen molar-refractivity contribution in [2.24, 2.45) is 5.92 Å². The largest absolute Gasteiger partial charge is 0.491 e. The van der Waals surface area contributed by atoms with Gasteiger partial charge in [-0.25, -0.2) is 4.39 Å². The van der Waals surface area contributed by atoms with Crippen LogP contribution in [0.15, 0.2) is 42.5 Å². The third-order valence-corrected chi connectivity index (χ3v) is 6.43. The summed E-state index contributed by atoms with van der Waals surface area (Å²) >= 11 is 0. The molecule has 0 fully saturated rings. The summed E-state index contributed by atoms with van der Waals surface area (Å²) in [6, 6.07) is 10.6. The van der Waals surface area contributed by atoms with E-state index < -0.39 is 11.7 Å². The van der Waals surface area contributed by atoms with Gasteiger partial charge < -0.3 is 19.7 Å². The normalized spacial score (nSPS) is 21.9. The molecular weight excluding hydrogens is 449 g/mol. The fourth-order valence-electron chi connectivity index (χ4n) is 4.36. The average molecular weight is 486 g/mol. The molecule has 0 aromatic heterocycles. The lowest BCUT2D eigenvalue weighted by Crippen LogP contribution is -2.46. The lowest BCUT2D eigenvalue weighted by molar-refractivity contribution is 0.0108. The zero-order chi connectivity index (χ0) is 25.5. The van der Waals surface area contributed by atoms with Gasteiger partial charge in [0.15, 0.2) is 0 Å². The molecule has 3 atom stereocenters. The number of nitrogens with zero attached hydrogens (tertiary/aromatic N) is 2. The van der Waals surface area contributed by atoms with Crippen LogP contribution in [0.1, 0.15) is 47.9 Å². The Morgan fingerprint density at radius 3 is 2.66 bits per heavy atom. The van der Waals surface area contributed by atoms with Crippen molar-refractivity contribution in [2.45, 2.75) is 39.3 Å². The van der Waals surface area contributed by atoms with Crippen LogP contribution in [-0.4, -0.2) is 74.2 Å². The number of rotatable bonds is 5. The van der Waals surface area contributed by atoms with Crippen LogP contribution in [0.4, 0.5) is 10.1 Å². The first-order valence-electron chi connectivity index (χ1n) is 12.1. The number of nitrogens with one attached hydrogen (secondary N) is 1. The summed E-state index contributed by atoms with van der Waals surface area (Å²) < 4.78 is 25.5. The number of methoxy groups -OCH3 is 1. The predicted molar refractivity (Wildman–Crippen MR) is 135 cm³/mol. The van der Waals surface area contributed by atoms with Gasteiger partial charge in [0.1, 0.15) is 18.2 Å². The lowest BCUT2D eigenvalue weighted by atomic mass is 10.0. The molecule has 0 bridgehead atoms. The van der Waals surface area contributed by atoms with Crippen LogP contribution in [0.25, 0.3) is 0 Å². The molecule has 1 aliphatic rings. The summed E-state index contributed by atoms with van der Waals surface area (Å²) in [6.45, 7) is 9.00. The molecule has 0 saturated heterocycles. The number of amides is 2. The van der Waals surface area contributed by atoms with Gasteiger partial charge in [-0.3, -0.25) is 14.5 Å². The summed E-state index contributed by atoms with van der Waals surface area (Å²) in [6.07, 6.45) is 0.907. The maximum atomic E-state index is 13.5. The molecule has 1 aliphatic heterocycles. The van der Waals surface area contributed by atoms with Gasteiger partial charge in [-0.05, 0) is 56.1 Å². The van der Waals surface area contributed by atoms with Gasteiger partial charge in [0.2, 0.25) is 0 Å². The second-order valence-electron chi connectivity index (χ2n) is 9.27. The number of anilines is 1. The molecule has 0 spiro atoms. The Kier molecular flexibility index (Phi) is 9.23. The number of halogens is 1. The van der Waals surface area contributed by atoms with Gasteiger partial charge in [-0.2, -0.15) is 0 Å². The van der Waals surface area contributed by atoms with E-state index in [0.717, 1.165) is 19.5 Å². The first-order valence-corrected chi connectivity index (χ1v) is 12.1. The molecule has 0 radical (unpaired) electrons. The number of fused-ring (bicyclic) bond motifs is 1. The van der Waals surface area contributed by atoms with Crippen molar-refractivity contribution in [1.82, 2.24) is 9.80 Å². The highest BCUT2D eigenvalue weighted by atomic mass is 19.1. The van der Waals surface area contributed by atoms with E-state index in [1.807, 2.05) is 0 Å².